The Morgan fingerprint density at radius 2 is 1.89 bits per heavy atom. The van der Waals surface area contributed by atoms with Crippen LogP contribution in [0.5, 0.6) is 0 Å². The number of aryl methyl sites for hydroxylation is 2. The molecule has 0 aliphatic carbocycles. The lowest BCUT2D eigenvalue weighted by atomic mass is 10.2. The molecule has 3 heterocycles. The van der Waals surface area contributed by atoms with E-state index in [4.69, 9.17) is 0 Å². The van der Waals surface area contributed by atoms with E-state index in [2.05, 4.69) is 74.7 Å². The third-order valence-corrected chi connectivity index (χ3v) is 5.02. The summed E-state index contributed by atoms with van der Waals surface area (Å²) in [5, 5.41) is 16.8. The first-order valence-corrected chi connectivity index (χ1v) is 9.57. The van der Waals surface area contributed by atoms with Gasteiger partial charge in [-0.15, -0.1) is 0 Å². The van der Waals surface area contributed by atoms with Gasteiger partial charge < -0.3 is 4.90 Å². The van der Waals surface area contributed by atoms with Crippen LogP contribution in [0.1, 0.15) is 24.5 Å². The molecule has 142 valence electrons. The van der Waals surface area contributed by atoms with Crippen LogP contribution in [-0.4, -0.2) is 61.1 Å². The molecule has 0 saturated carbocycles. The Morgan fingerprint density at radius 1 is 1.04 bits per heavy atom. The van der Waals surface area contributed by atoms with Crippen LogP contribution in [0.25, 0.3) is 5.69 Å². The highest BCUT2D eigenvalue weighted by Crippen LogP contribution is 2.18. The Kier molecular flexibility index (Phi) is 5.15. The third-order valence-electron chi connectivity index (χ3n) is 5.02. The smallest absolute Gasteiger partial charge is 0.250 e. The summed E-state index contributed by atoms with van der Waals surface area (Å²) < 4.78 is 3.82. The number of rotatable bonds is 5. The molecule has 3 aromatic rings. The van der Waals surface area contributed by atoms with Gasteiger partial charge in [0, 0.05) is 51.0 Å². The van der Waals surface area contributed by atoms with E-state index in [0.29, 0.717) is 0 Å². The number of hydrogen-bond acceptors (Lipinski definition) is 6. The first kappa shape index (κ1) is 17.7. The van der Waals surface area contributed by atoms with Crippen LogP contribution < -0.4 is 4.90 Å². The highest BCUT2D eigenvalue weighted by atomic mass is 15.6. The van der Waals surface area contributed by atoms with Crippen molar-refractivity contribution >= 4 is 5.95 Å². The second-order valence-corrected chi connectivity index (χ2v) is 7.05. The Bertz CT molecular complexity index is 866. The molecule has 1 saturated heterocycles. The number of nitrogens with zero attached hydrogens (tertiary/aromatic N) is 8. The molecule has 0 spiro atoms. The van der Waals surface area contributed by atoms with Gasteiger partial charge in [0.2, 0.25) is 5.95 Å². The molecule has 0 atom stereocenters. The molecule has 8 heteroatoms. The van der Waals surface area contributed by atoms with Gasteiger partial charge in [-0.25, -0.2) is 0 Å². The Labute approximate surface area is 159 Å². The molecule has 4 rings (SSSR count). The van der Waals surface area contributed by atoms with Crippen molar-refractivity contribution in [2.75, 3.05) is 31.1 Å². The molecule has 27 heavy (non-hydrogen) atoms. The third kappa shape index (κ3) is 4.00. The van der Waals surface area contributed by atoms with Gasteiger partial charge in [0.15, 0.2) is 0 Å². The van der Waals surface area contributed by atoms with Crippen molar-refractivity contribution in [1.82, 2.24) is 34.9 Å². The molecule has 1 aliphatic rings. The molecular weight excluding hydrogens is 340 g/mol. The van der Waals surface area contributed by atoms with Gasteiger partial charge >= 0.3 is 0 Å². The molecule has 2 aromatic heterocycles. The van der Waals surface area contributed by atoms with E-state index in [1.807, 2.05) is 15.6 Å². The summed E-state index contributed by atoms with van der Waals surface area (Å²) in [5.41, 5.74) is 3.49. The van der Waals surface area contributed by atoms with Gasteiger partial charge in [-0.3, -0.25) is 9.58 Å². The fraction of sp³-hybridized carbons (Fsp3) is 0.474. The number of benzene rings is 1. The quantitative estimate of drug-likeness (QED) is 0.687. The van der Waals surface area contributed by atoms with Crippen molar-refractivity contribution in [3.8, 4) is 5.69 Å². The standard InChI is InChI=1S/C19H26N8/c1-3-26-15-17(13-20-26)14-24-9-4-10-25(12-11-24)19-21-22-23-27(19)18-7-5-16(2)6-8-18/h5-8,13,15H,3-4,9-12,14H2,1-2H3. The maximum atomic E-state index is 4.38. The lowest BCUT2D eigenvalue weighted by molar-refractivity contribution is 0.285. The van der Waals surface area contributed by atoms with Gasteiger partial charge in [0.1, 0.15) is 0 Å². The summed E-state index contributed by atoms with van der Waals surface area (Å²) in [6.07, 6.45) is 5.20. The van der Waals surface area contributed by atoms with Crippen molar-refractivity contribution in [3.05, 3.63) is 47.8 Å². The second-order valence-electron chi connectivity index (χ2n) is 7.05. The molecule has 0 amide bonds. The number of hydrogen-bond donors (Lipinski definition) is 0. The summed E-state index contributed by atoms with van der Waals surface area (Å²) in [5.74, 6) is 0.819. The zero-order chi connectivity index (χ0) is 18.6. The molecular formula is C19H26N8. The highest BCUT2D eigenvalue weighted by molar-refractivity contribution is 5.41. The maximum Gasteiger partial charge on any atom is 0.250 e. The highest BCUT2D eigenvalue weighted by Gasteiger charge is 2.21. The number of tetrazole rings is 1. The zero-order valence-electron chi connectivity index (χ0n) is 16.0. The van der Waals surface area contributed by atoms with Crippen LogP contribution in [0.15, 0.2) is 36.7 Å². The van der Waals surface area contributed by atoms with Crippen molar-refractivity contribution in [2.45, 2.75) is 33.4 Å². The Balaban J connectivity index is 1.44. The largest absolute Gasteiger partial charge is 0.338 e. The van der Waals surface area contributed by atoms with Gasteiger partial charge in [-0.2, -0.15) is 9.78 Å². The predicted molar refractivity (Wildman–Crippen MR) is 104 cm³/mol. The molecule has 1 aromatic carbocycles. The van der Waals surface area contributed by atoms with Crippen molar-refractivity contribution < 1.29 is 0 Å². The minimum atomic E-state index is 0.819. The van der Waals surface area contributed by atoms with Crippen LogP contribution >= 0.6 is 0 Å². The molecule has 8 nitrogen and oxygen atoms in total. The van der Waals surface area contributed by atoms with E-state index in [1.165, 1.54) is 11.1 Å². The lowest BCUT2D eigenvalue weighted by Gasteiger charge is -2.22. The first-order chi connectivity index (χ1) is 13.2. The van der Waals surface area contributed by atoms with E-state index < -0.39 is 0 Å². The number of anilines is 1. The predicted octanol–water partition coefficient (Wildman–Crippen LogP) is 1.90. The van der Waals surface area contributed by atoms with E-state index in [1.54, 1.807) is 0 Å². The van der Waals surface area contributed by atoms with Crippen LogP contribution in [0.4, 0.5) is 5.95 Å². The normalized spacial score (nSPS) is 15.9. The zero-order valence-corrected chi connectivity index (χ0v) is 16.0. The van der Waals surface area contributed by atoms with Crippen LogP contribution in [0, 0.1) is 6.92 Å². The number of aromatic nitrogens is 6. The molecule has 1 fully saturated rings. The van der Waals surface area contributed by atoms with E-state index in [9.17, 15) is 0 Å². The van der Waals surface area contributed by atoms with Crippen LogP contribution in [0.2, 0.25) is 0 Å². The fourth-order valence-corrected chi connectivity index (χ4v) is 3.48. The minimum absolute atomic E-state index is 0.819. The maximum absolute atomic E-state index is 4.38. The van der Waals surface area contributed by atoms with Crippen molar-refractivity contribution in [2.24, 2.45) is 0 Å². The van der Waals surface area contributed by atoms with Gasteiger partial charge in [0.05, 0.1) is 11.9 Å². The fourth-order valence-electron chi connectivity index (χ4n) is 3.48. The van der Waals surface area contributed by atoms with Gasteiger partial charge in [-0.05, 0) is 42.8 Å². The lowest BCUT2D eigenvalue weighted by Crippen LogP contribution is -2.32. The second kappa shape index (κ2) is 7.87. The van der Waals surface area contributed by atoms with E-state index in [-0.39, 0.29) is 0 Å². The molecule has 0 unspecified atom stereocenters. The van der Waals surface area contributed by atoms with Crippen LogP contribution in [-0.2, 0) is 13.1 Å². The average molecular weight is 366 g/mol. The van der Waals surface area contributed by atoms with E-state index in [0.717, 1.165) is 57.3 Å². The van der Waals surface area contributed by atoms with Crippen molar-refractivity contribution in [3.63, 3.8) is 0 Å². The average Bonchev–Trinajstić information content (AvgIpc) is 3.28. The summed E-state index contributed by atoms with van der Waals surface area (Å²) >= 11 is 0. The topological polar surface area (TPSA) is 67.9 Å². The molecule has 0 bridgehead atoms. The molecule has 1 aliphatic heterocycles. The Hall–Kier alpha value is -2.74. The van der Waals surface area contributed by atoms with Crippen molar-refractivity contribution in [1.29, 1.82) is 0 Å². The summed E-state index contributed by atoms with van der Waals surface area (Å²) in [7, 11) is 0. The SMILES string of the molecule is CCn1cc(CN2CCCN(c3nnnn3-c3ccc(C)cc3)CC2)cn1. The monoisotopic (exact) mass is 366 g/mol. The summed E-state index contributed by atoms with van der Waals surface area (Å²) in [6, 6.07) is 8.29. The molecule has 0 radical (unpaired) electrons. The van der Waals surface area contributed by atoms with Crippen LogP contribution in [0.3, 0.4) is 0 Å². The summed E-state index contributed by atoms with van der Waals surface area (Å²) in [4.78, 5) is 4.77. The minimum Gasteiger partial charge on any atom is -0.338 e. The van der Waals surface area contributed by atoms with Gasteiger partial charge in [-0.1, -0.05) is 22.8 Å². The van der Waals surface area contributed by atoms with Gasteiger partial charge in [0.25, 0.3) is 0 Å². The summed E-state index contributed by atoms with van der Waals surface area (Å²) in [6.45, 7) is 9.96. The molecule has 0 N–H and O–H groups in total. The van der Waals surface area contributed by atoms with E-state index >= 15 is 0 Å². The Morgan fingerprint density at radius 3 is 2.67 bits per heavy atom. The first-order valence-electron chi connectivity index (χ1n) is 9.57.